The Morgan fingerprint density at radius 2 is 0.914 bits per heavy atom. The third-order valence-corrected chi connectivity index (χ3v) is 10.7. The molecule has 5 saturated heterocycles. The van der Waals surface area contributed by atoms with E-state index in [1.54, 1.807) is 0 Å². The third-order valence-electron chi connectivity index (χ3n) is 10.7. The molecule has 5 rings (SSSR count). The Morgan fingerprint density at radius 3 is 1.50 bits per heavy atom. The average Bonchev–Trinajstić information content (AvgIpc) is 3.19. The molecule has 0 aromatic rings. The van der Waals surface area contributed by atoms with Crippen LogP contribution in [0.25, 0.3) is 0 Å². The highest BCUT2D eigenvalue weighted by molar-refractivity contribution is 5.73. The molecule has 58 heavy (non-hydrogen) atoms. The molecule has 0 aromatic heterocycles. The fraction of sp³-hybridized carbons (Fsp3) is 0.969. The Kier molecular flexibility index (Phi) is 16.5. The summed E-state index contributed by atoms with van der Waals surface area (Å²) in [5, 5.41) is 160. The highest BCUT2D eigenvalue weighted by Gasteiger charge is 2.57. The van der Waals surface area contributed by atoms with E-state index in [2.05, 4.69) is 5.32 Å². The molecule has 26 heteroatoms. The van der Waals surface area contributed by atoms with Crippen molar-refractivity contribution in [2.75, 3.05) is 26.4 Å². The molecular formula is C32H55NO25. The zero-order chi connectivity index (χ0) is 42.9. The van der Waals surface area contributed by atoms with Crippen molar-refractivity contribution in [1.29, 1.82) is 0 Å². The van der Waals surface area contributed by atoms with Gasteiger partial charge in [-0.3, -0.25) is 4.79 Å². The summed E-state index contributed by atoms with van der Waals surface area (Å²) in [5.41, 5.74) is 0. The summed E-state index contributed by atoms with van der Waals surface area (Å²) in [6.07, 6.45) is -43.4. The number of aliphatic hydroxyl groups is 15. The third kappa shape index (κ3) is 9.75. The fourth-order valence-electron chi connectivity index (χ4n) is 7.35. The summed E-state index contributed by atoms with van der Waals surface area (Å²) in [4.78, 5) is 12.6. The van der Waals surface area contributed by atoms with Crippen LogP contribution in [0.1, 0.15) is 13.8 Å². The first kappa shape index (κ1) is 47.6. The zero-order valence-electron chi connectivity index (χ0n) is 31.1. The van der Waals surface area contributed by atoms with Crippen molar-refractivity contribution in [1.82, 2.24) is 5.32 Å². The maximum absolute atomic E-state index is 12.6. The second-order valence-electron chi connectivity index (χ2n) is 14.7. The van der Waals surface area contributed by atoms with Gasteiger partial charge in [0.15, 0.2) is 31.5 Å². The Hall–Kier alpha value is -1.49. The van der Waals surface area contributed by atoms with Crippen molar-refractivity contribution in [2.45, 2.75) is 167 Å². The number of nitrogens with one attached hydrogen (secondary N) is 1. The lowest BCUT2D eigenvalue weighted by Crippen LogP contribution is -2.70. The van der Waals surface area contributed by atoms with E-state index in [0.717, 1.165) is 6.92 Å². The van der Waals surface area contributed by atoms with Crippen LogP contribution in [0.15, 0.2) is 0 Å². The van der Waals surface area contributed by atoms with Gasteiger partial charge in [-0.05, 0) is 6.92 Å². The molecule has 5 aliphatic heterocycles. The summed E-state index contributed by atoms with van der Waals surface area (Å²) < 4.78 is 50.8. The minimum Gasteiger partial charge on any atom is -0.394 e. The average molecular weight is 854 g/mol. The predicted molar refractivity (Wildman–Crippen MR) is 177 cm³/mol. The Labute approximate surface area is 329 Å². The lowest BCUT2D eigenvalue weighted by atomic mass is 9.94. The molecule has 16 N–H and O–H groups in total. The smallest absolute Gasteiger partial charge is 0.217 e. The largest absolute Gasteiger partial charge is 0.394 e. The molecule has 0 unspecified atom stereocenters. The molecule has 338 valence electrons. The van der Waals surface area contributed by atoms with Crippen LogP contribution in [0.4, 0.5) is 0 Å². The molecule has 0 spiro atoms. The second-order valence-corrected chi connectivity index (χ2v) is 14.7. The molecular weight excluding hydrogens is 798 g/mol. The van der Waals surface area contributed by atoms with Crippen LogP contribution in [-0.4, -0.2) is 262 Å². The molecule has 0 aromatic carbocycles. The zero-order valence-corrected chi connectivity index (χ0v) is 31.1. The summed E-state index contributed by atoms with van der Waals surface area (Å²) in [7, 11) is 0. The minimum absolute atomic E-state index is 0.823. The van der Waals surface area contributed by atoms with Gasteiger partial charge in [0.1, 0.15) is 116 Å². The molecule has 0 radical (unpaired) electrons. The van der Waals surface area contributed by atoms with Gasteiger partial charge in [0, 0.05) is 6.92 Å². The molecule has 0 saturated carbocycles. The van der Waals surface area contributed by atoms with Gasteiger partial charge in [-0.15, -0.1) is 0 Å². The number of amides is 1. The predicted octanol–water partition coefficient (Wildman–Crippen LogP) is -10.8. The van der Waals surface area contributed by atoms with Crippen LogP contribution in [-0.2, 0) is 47.4 Å². The Morgan fingerprint density at radius 1 is 0.448 bits per heavy atom. The Balaban J connectivity index is 1.44. The Bertz CT molecular complexity index is 1310. The van der Waals surface area contributed by atoms with E-state index in [0.29, 0.717) is 0 Å². The number of ether oxygens (including phenoxy) is 9. The van der Waals surface area contributed by atoms with Crippen molar-refractivity contribution in [3.05, 3.63) is 0 Å². The highest BCUT2D eigenvalue weighted by Crippen LogP contribution is 2.36. The van der Waals surface area contributed by atoms with Crippen molar-refractivity contribution in [3.8, 4) is 0 Å². The van der Waals surface area contributed by atoms with Crippen LogP contribution in [0, 0.1) is 0 Å². The molecule has 26 nitrogen and oxygen atoms in total. The SMILES string of the molecule is CC(=O)N[C@H]1[C@H](O[C@H]2[C@@H](O)[C@@H](CO)O[C@@H](O[C@H]3[C@H](O)[C@@H](O)[C@H](O)O[C@@H]3CO)[C@@H]2O)O[C@H](CO)[C@@H](O)[C@@H]1O[C@@H]1O[C@H](CO)[C@H](O)[C@H](O)[C@H]1O[C@@H]1O[C@@H](C)[C@@H](O)[C@@H](O)[C@@H]1O. The van der Waals surface area contributed by atoms with Gasteiger partial charge in [0.05, 0.1) is 32.5 Å². The normalized spacial score (nSPS) is 51.6. The van der Waals surface area contributed by atoms with Crippen molar-refractivity contribution in [3.63, 3.8) is 0 Å². The fourth-order valence-corrected chi connectivity index (χ4v) is 7.35. The molecule has 1 amide bonds. The van der Waals surface area contributed by atoms with Crippen molar-refractivity contribution >= 4 is 5.91 Å². The van der Waals surface area contributed by atoms with E-state index < -0.39 is 186 Å². The van der Waals surface area contributed by atoms with E-state index in [4.69, 9.17) is 42.6 Å². The van der Waals surface area contributed by atoms with Crippen molar-refractivity contribution in [2.24, 2.45) is 0 Å². The van der Waals surface area contributed by atoms with Crippen LogP contribution in [0.3, 0.4) is 0 Å². The maximum Gasteiger partial charge on any atom is 0.217 e. The second kappa shape index (κ2) is 20.1. The van der Waals surface area contributed by atoms with Crippen LogP contribution >= 0.6 is 0 Å². The lowest BCUT2D eigenvalue weighted by Gasteiger charge is -2.50. The van der Waals surface area contributed by atoms with E-state index in [9.17, 15) is 81.4 Å². The first-order valence-electron chi connectivity index (χ1n) is 18.5. The summed E-state index contributed by atoms with van der Waals surface area (Å²) >= 11 is 0. The maximum atomic E-state index is 12.6. The molecule has 25 atom stereocenters. The first-order valence-corrected chi connectivity index (χ1v) is 18.5. The summed E-state index contributed by atoms with van der Waals surface area (Å²) in [5.74, 6) is -0.823. The van der Waals surface area contributed by atoms with Gasteiger partial charge in [0.2, 0.25) is 5.91 Å². The number of aliphatic hydroxyl groups excluding tert-OH is 15. The number of hydrogen-bond donors (Lipinski definition) is 16. The lowest BCUT2D eigenvalue weighted by molar-refractivity contribution is -0.390. The molecule has 5 fully saturated rings. The number of carbonyl (C=O) groups is 1. The van der Waals surface area contributed by atoms with Crippen LogP contribution < -0.4 is 5.32 Å². The van der Waals surface area contributed by atoms with Gasteiger partial charge in [-0.1, -0.05) is 0 Å². The summed E-state index contributed by atoms with van der Waals surface area (Å²) in [6.45, 7) is -1.34. The number of carbonyl (C=O) groups excluding carboxylic acids is 1. The molecule has 5 aliphatic rings. The van der Waals surface area contributed by atoms with E-state index in [-0.39, 0.29) is 0 Å². The van der Waals surface area contributed by atoms with E-state index >= 15 is 0 Å². The first-order chi connectivity index (χ1) is 27.4. The topological polar surface area (TPSA) is 416 Å². The van der Waals surface area contributed by atoms with Gasteiger partial charge in [-0.25, -0.2) is 0 Å². The van der Waals surface area contributed by atoms with E-state index in [1.807, 2.05) is 0 Å². The van der Waals surface area contributed by atoms with E-state index in [1.165, 1.54) is 6.92 Å². The van der Waals surface area contributed by atoms with Gasteiger partial charge in [-0.2, -0.15) is 0 Å². The minimum atomic E-state index is -2.10. The standard InChI is InChI=1S/C32H55NO25/c1-7-14(39)18(43)22(47)30(50-7)58-27-19(44)15(40)9(3-34)54-32(27)56-25-13(33-8(2)38)29(52-10(4-35)16(25)41)57-26-17(42)11(5-36)53-31(23(26)48)55-24-12(6-37)51-28(49)21(46)20(24)45/h7,9-32,34-37,39-49H,3-6H2,1-2H3,(H,33,38)/t7-,9+,10+,11+,12+,13+,14+,15-,16+,17-,18+,19-,20+,21+,22-,23+,24+,25+,26-,27+,28+,29-,30-,31-,32-/m0/s1. The van der Waals surface area contributed by atoms with Crippen LogP contribution in [0.5, 0.6) is 0 Å². The van der Waals surface area contributed by atoms with Crippen molar-refractivity contribution < 1.29 is 124 Å². The number of rotatable bonds is 13. The van der Waals surface area contributed by atoms with Gasteiger partial charge < -0.3 is 125 Å². The quantitative estimate of drug-likeness (QED) is 0.0818. The van der Waals surface area contributed by atoms with Gasteiger partial charge >= 0.3 is 0 Å². The molecule has 0 bridgehead atoms. The number of hydrogen-bond acceptors (Lipinski definition) is 25. The van der Waals surface area contributed by atoms with Crippen LogP contribution in [0.2, 0.25) is 0 Å². The summed E-state index contributed by atoms with van der Waals surface area (Å²) in [6, 6.07) is -1.72. The monoisotopic (exact) mass is 853 g/mol. The molecule has 5 heterocycles. The molecule has 0 aliphatic carbocycles. The highest BCUT2D eigenvalue weighted by atomic mass is 16.8. The van der Waals surface area contributed by atoms with Gasteiger partial charge in [0.25, 0.3) is 0 Å².